The molecule has 25 heavy (non-hydrogen) atoms. The Bertz CT molecular complexity index is 627. The molecule has 2 aliphatic rings. The minimum Gasteiger partial charge on any atom is -0.398 e. The van der Waals surface area contributed by atoms with E-state index in [1.807, 2.05) is 46.4 Å². The van der Waals surface area contributed by atoms with Crippen LogP contribution in [0.3, 0.4) is 0 Å². The Labute approximate surface area is 149 Å². The molecule has 0 saturated carbocycles. The topological polar surface area (TPSA) is 54.8 Å². The van der Waals surface area contributed by atoms with Gasteiger partial charge >= 0.3 is 7.12 Å². The third kappa shape index (κ3) is 3.29. The second kappa shape index (κ2) is 6.22. The Morgan fingerprint density at radius 2 is 1.64 bits per heavy atom. The van der Waals surface area contributed by atoms with Crippen molar-refractivity contribution in [2.75, 3.05) is 18.0 Å². The third-order valence-electron chi connectivity index (χ3n) is 5.83. The van der Waals surface area contributed by atoms with E-state index in [1.165, 1.54) is 6.07 Å². The molecule has 0 amide bonds. The van der Waals surface area contributed by atoms with Gasteiger partial charge in [-0.1, -0.05) is 13.8 Å². The Morgan fingerprint density at radius 1 is 1.12 bits per heavy atom. The smallest absolute Gasteiger partial charge is 0.398 e. The van der Waals surface area contributed by atoms with Crippen LogP contribution in [0.25, 0.3) is 0 Å². The lowest BCUT2D eigenvalue weighted by atomic mass is 9.84. The first-order valence-corrected chi connectivity index (χ1v) is 8.97. The van der Waals surface area contributed by atoms with Gasteiger partial charge in [-0.25, -0.2) is 9.37 Å². The molecule has 3 heterocycles. The second-order valence-electron chi connectivity index (χ2n) is 8.48. The molecule has 0 aliphatic carbocycles. The van der Waals surface area contributed by atoms with Gasteiger partial charge in [-0.15, -0.1) is 0 Å². The van der Waals surface area contributed by atoms with Crippen LogP contribution < -0.4 is 10.5 Å². The van der Waals surface area contributed by atoms with Gasteiger partial charge in [0.05, 0.1) is 22.9 Å². The highest BCUT2D eigenvalue weighted by molar-refractivity contribution is 6.61. The van der Waals surface area contributed by atoms with Gasteiger partial charge in [-0.3, -0.25) is 0 Å². The predicted molar refractivity (Wildman–Crippen MR) is 96.5 cm³/mol. The number of aliphatic hydroxyl groups is 1. The van der Waals surface area contributed by atoms with Crippen LogP contribution in [-0.4, -0.2) is 47.6 Å². The van der Waals surface area contributed by atoms with Crippen molar-refractivity contribution in [2.45, 2.75) is 58.8 Å². The number of aromatic nitrogens is 1. The summed E-state index contributed by atoms with van der Waals surface area (Å²) >= 11 is 0. The Morgan fingerprint density at radius 3 is 2.16 bits per heavy atom. The molecule has 2 aliphatic heterocycles. The highest BCUT2D eigenvalue weighted by Crippen LogP contribution is 2.36. The Kier molecular flexibility index (Phi) is 4.63. The zero-order valence-electron chi connectivity index (χ0n) is 15.9. The summed E-state index contributed by atoms with van der Waals surface area (Å²) in [5.41, 5.74) is -0.361. The average molecular weight is 350 g/mol. The van der Waals surface area contributed by atoms with Gasteiger partial charge in [0.1, 0.15) is 0 Å². The molecule has 1 aromatic heterocycles. The van der Waals surface area contributed by atoms with Crippen LogP contribution in [0.5, 0.6) is 0 Å². The number of anilines is 1. The van der Waals surface area contributed by atoms with Crippen molar-refractivity contribution in [1.29, 1.82) is 0 Å². The lowest BCUT2D eigenvalue weighted by molar-refractivity contribution is 0.00578. The largest absolute Gasteiger partial charge is 0.514 e. The number of rotatable bonds is 2. The highest BCUT2D eigenvalue weighted by atomic mass is 19.1. The van der Waals surface area contributed by atoms with Gasteiger partial charge < -0.3 is 19.3 Å². The molecule has 0 bridgehead atoms. The molecule has 2 fully saturated rings. The summed E-state index contributed by atoms with van der Waals surface area (Å²) in [6, 6.07) is 3.04. The Hall–Kier alpha value is -1.18. The van der Waals surface area contributed by atoms with E-state index in [1.54, 1.807) is 6.07 Å². The first-order valence-electron chi connectivity index (χ1n) is 8.97. The zero-order chi connectivity index (χ0) is 18.6. The molecular formula is C18H28BFN2O3. The number of aliphatic hydroxyl groups excluding tert-OH is 1. The van der Waals surface area contributed by atoms with Crippen LogP contribution in [0.1, 0.15) is 41.5 Å². The summed E-state index contributed by atoms with van der Waals surface area (Å²) in [6.45, 7) is 13.0. The molecule has 0 spiro atoms. The van der Waals surface area contributed by atoms with E-state index in [9.17, 15) is 9.50 Å². The number of piperidine rings is 1. The van der Waals surface area contributed by atoms with Crippen molar-refractivity contribution in [3.05, 3.63) is 17.9 Å². The molecule has 3 rings (SSSR count). The van der Waals surface area contributed by atoms with Crippen LogP contribution in [-0.2, 0) is 9.31 Å². The highest BCUT2D eigenvalue weighted by Gasteiger charge is 2.52. The molecule has 2 saturated heterocycles. The molecule has 138 valence electrons. The summed E-state index contributed by atoms with van der Waals surface area (Å²) in [5.74, 6) is 0.0600. The van der Waals surface area contributed by atoms with Crippen LogP contribution in [0, 0.1) is 17.7 Å². The molecule has 1 unspecified atom stereocenters. The molecule has 0 radical (unpaired) electrons. The molecule has 3 atom stereocenters. The molecule has 0 aromatic carbocycles. The van der Waals surface area contributed by atoms with E-state index in [-0.39, 0.29) is 23.8 Å². The fraction of sp³-hybridized carbons (Fsp3) is 0.722. The fourth-order valence-corrected chi connectivity index (χ4v) is 3.48. The van der Waals surface area contributed by atoms with Gasteiger partial charge in [-0.2, -0.15) is 0 Å². The molecule has 7 heteroatoms. The summed E-state index contributed by atoms with van der Waals surface area (Å²) in [4.78, 5) is 6.43. The zero-order valence-corrected chi connectivity index (χ0v) is 15.9. The average Bonchev–Trinajstić information content (AvgIpc) is 2.73. The summed E-state index contributed by atoms with van der Waals surface area (Å²) in [7, 11) is -0.616. The van der Waals surface area contributed by atoms with Gasteiger partial charge in [0.15, 0.2) is 11.6 Å². The molecule has 5 nitrogen and oxygen atoms in total. The third-order valence-corrected chi connectivity index (χ3v) is 5.83. The maximum absolute atomic E-state index is 14.4. The fourth-order valence-electron chi connectivity index (χ4n) is 3.48. The maximum Gasteiger partial charge on any atom is 0.514 e. The van der Waals surface area contributed by atoms with Crippen molar-refractivity contribution < 1.29 is 18.8 Å². The van der Waals surface area contributed by atoms with Crippen LogP contribution in [0.2, 0.25) is 0 Å². The lowest BCUT2D eigenvalue weighted by Gasteiger charge is -2.39. The molecule has 1 N–H and O–H groups in total. The van der Waals surface area contributed by atoms with E-state index in [2.05, 4.69) is 4.98 Å². The van der Waals surface area contributed by atoms with Crippen molar-refractivity contribution >= 4 is 18.5 Å². The van der Waals surface area contributed by atoms with E-state index in [0.29, 0.717) is 24.5 Å². The van der Waals surface area contributed by atoms with Crippen molar-refractivity contribution in [3.8, 4) is 0 Å². The second-order valence-corrected chi connectivity index (χ2v) is 8.48. The quantitative estimate of drug-likeness (QED) is 0.827. The van der Waals surface area contributed by atoms with Crippen LogP contribution in [0.4, 0.5) is 10.2 Å². The maximum atomic E-state index is 14.4. The van der Waals surface area contributed by atoms with E-state index < -0.39 is 18.3 Å². The van der Waals surface area contributed by atoms with Crippen molar-refractivity contribution in [3.63, 3.8) is 0 Å². The minimum absolute atomic E-state index is 0.0606. The standard InChI is InChI=1S/C18H28BFN2O3/c1-11-9-22(10-12(2)15(11)23)16-13(20)7-8-14(21-16)19-24-17(3,4)18(5,6)25-19/h7-8,11-12,15,23H,9-10H2,1-6H3/t11-,12+,15?. The summed E-state index contributed by atoms with van der Waals surface area (Å²) in [6.07, 6.45) is -0.370. The van der Waals surface area contributed by atoms with E-state index in [0.717, 1.165) is 0 Å². The SMILES string of the molecule is C[C@@H]1CN(c2nc(B3OC(C)(C)C(C)(C)O3)ccc2F)C[C@H](C)C1O. The minimum atomic E-state index is -0.616. The summed E-state index contributed by atoms with van der Waals surface area (Å²) < 4.78 is 26.5. The predicted octanol–water partition coefficient (Wildman–Crippen LogP) is 1.97. The number of hydrogen-bond acceptors (Lipinski definition) is 5. The number of nitrogens with zero attached hydrogens (tertiary/aromatic N) is 2. The van der Waals surface area contributed by atoms with Gasteiger partial charge in [0.25, 0.3) is 0 Å². The van der Waals surface area contributed by atoms with Gasteiger partial charge in [0.2, 0.25) is 0 Å². The van der Waals surface area contributed by atoms with Crippen LogP contribution in [0.15, 0.2) is 12.1 Å². The van der Waals surface area contributed by atoms with Gasteiger partial charge in [0, 0.05) is 13.1 Å². The normalized spacial score (nSPS) is 31.4. The van der Waals surface area contributed by atoms with Crippen molar-refractivity contribution in [2.24, 2.45) is 11.8 Å². The molecule has 1 aromatic rings. The summed E-state index contributed by atoms with van der Waals surface area (Å²) in [5, 5.41) is 10.1. The Balaban J connectivity index is 1.87. The van der Waals surface area contributed by atoms with Gasteiger partial charge in [-0.05, 0) is 51.7 Å². The number of pyridine rings is 1. The number of hydrogen-bond donors (Lipinski definition) is 1. The van der Waals surface area contributed by atoms with Crippen LogP contribution >= 0.6 is 0 Å². The first-order chi connectivity index (χ1) is 11.5. The number of halogens is 1. The monoisotopic (exact) mass is 350 g/mol. The van der Waals surface area contributed by atoms with Crippen molar-refractivity contribution in [1.82, 2.24) is 4.98 Å². The lowest BCUT2D eigenvalue weighted by Crippen LogP contribution is -2.49. The van der Waals surface area contributed by atoms with E-state index in [4.69, 9.17) is 9.31 Å². The molecular weight excluding hydrogens is 322 g/mol. The first kappa shape index (κ1) is 18.6. The van der Waals surface area contributed by atoms with E-state index >= 15 is 0 Å².